The molecule has 0 radical (unpaired) electrons. The Morgan fingerprint density at radius 3 is 2.65 bits per heavy atom. The van der Waals surface area contributed by atoms with Crippen molar-refractivity contribution in [1.29, 1.82) is 0 Å². The number of aliphatic hydroxyl groups is 4. The molecule has 0 amide bonds. The molecule has 18 heteroatoms. The first-order valence-corrected chi connectivity index (χ1v) is 21.4. The van der Waals surface area contributed by atoms with Gasteiger partial charge in [0.15, 0.2) is 23.2 Å². The van der Waals surface area contributed by atoms with Crippen molar-refractivity contribution >= 4 is 18.2 Å². The molecule has 9 N–H and O–H groups in total. The van der Waals surface area contributed by atoms with Crippen molar-refractivity contribution in [2.75, 3.05) is 26.9 Å². The molecule has 18 nitrogen and oxygen atoms in total. The Bertz CT molecular complexity index is 2590. The lowest BCUT2D eigenvalue weighted by atomic mass is 9.75. The number of carboxylic acids is 1. The lowest BCUT2D eigenvalue weighted by molar-refractivity contribution is -0.329. The first-order valence-electron chi connectivity index (χ1n) is 21.4. The SMILES string of the molecule is COc1ccc2c3c1OCCC#C[C@@H](c1ccccc1)[C@H]1Oc4cc5c(c(CN6CC7=CC=NC7=C6CO)c4[C@H](O3)[C@H]21)CC[C@]1(O)[C@H](O5)O[C@H]([C@H](OC(=O)CC(=O)O)C(N)N)[C@@H](O)[C@@H]1O. The van der Waals surface area contributed by atoms with Crippen LogP contribution in [0.25, 0.3) is 0 Å². The Balaban J connectivity index is 1.13. The molecule has 7 aliphatic heterocycles. The molecule has 0 spiro atoms. The van der Waals surface area contributed by atoms with Crippen LogP contribution in [-0.4, -0.2) is 124 Å². The summed E-state index contributed by atoms with van der Waals surface area (Å²) in [4.78, 5) is 30.4. The van der Waals surface area contributed by atoms with Crippen LogP contribution in [-0.2, 0) is 32.0 Å². The topological polar surface area (TPSA) is 268 Å². The van der Waals surface area contributed by atoms with Gasteiger partial charge >= 0.3 is 11.9 Å². The van der Waals surface area contributed by atoms with Gasteiger partial charge in [-0.15, -0.1) is 0 Å². The molecule has 1 fully saturated rings. The minimum absolute atomic E-state index is 0.0734. The Labute approximate surface area is 372 Å². The quantitative estimate of drug-likeness (QED) is 0.0656. The third-order valence-electron chi connectivity index (χ3n) is 13.3. The standard InChI is InChI=1S/C47H48N4O14/c1-59-29-11-10-26-35-38-24(22-7-3-2-4-8-22)9-5-6-16-60-40(29)39(26)64-41(35)34-27(20-51-19-23-13-15-50-36(23)28(51)21-52)25-12-14-47(58)44(57)37(56)42(43(45(48)49)63-33(55)18-32(53)54)65-46(47)62-30(25)17-31(34)61-38/h2-4,7-8,10-11,13,15,17,24,35,37-38,41-46,52,56-58H,6,12,14,16,18-21,48-49H2,1H3,(H,53,54)/t24-,35+,37+,38+,41-,42-,43-,44-,46+,47+/m0/s1. The van der Waals surface area contributed by atoms with Gasteiger partial charge in [-0.2, -0.15) is 0 Å². The van der Waals surface area contributed by atoms with Crippen molar-refractivity contribution in [1.82, 2.24) is 4.90 Å². The van der Waals surface area contributed by atoms with Crippen molar-refractivity contribution in [3.63, 3.8) is 0 Å². The van der Waals surface area contributed by atoms with Crippen LogP contribution in [0, 0.1) is 11.8 Å². The Morgan fingerprint density at radius 1 is 1.08 bits per heavy atom. The first kappa shape index (κ1) is 42.8. The number of carbonyl (C=O) groups excluding carboxylic acids is 1. The Kier molecular flexibility index (Phi) is 11.0. The molecule has 340 valence electrons. The minimum Gasteiger partial charge on any atom is -0.493 e. The number of methoxy groups -OCH3 is 1. The molecule has 7 heterocycles. The number of ether oxygens (including phenoxy) is 7. The molecule has 10 rings (SSSR count). The number of hydrogen-bond acceptors (Lipinski definition) is 17. The molecule has 0 saturated carbocycles. The van der Waals surface area contributed by atoms with E-state index in [-0.39, 0.29) is 38.3 Å². The number of rotatable bonds is 10. The fourth-order valence-electron chi connectivity index (χ4n) is 10.3. The third-order valence-corrected chi connectivity index (χ3v) is 13.3. The number of benzene rings is 3. The van der Waals surface area contributed by atoms with Crippen molar-refractivity contribution in [2.45, 2.75) is 98.7 Å². The molecule has 65 heavy (non-hydrogen) atoms. The zero-order valence-corrected chi connectivity index (χ0v) is 35.2. The molecular formula is C47H48N4O14. The lowest BCUT2D eigenvalue weighted by Crippen LogP contribution is -2.71. The summed E-state index contributed by atoms with van der Waals surface area (Å²) in [7, 11) is 1.57. The van der Waals surface area contributed by atoms with E-state index in [9.17, 15) is 35.1 Å². The van der Waals surface area contributed by atoms with Crippen LogP contribution in [0.4, 0.5) is 0 Å². The molecule has 3 aromatic carbocycles. The van der Waals surface area contributed by atoms with Gasteiger partial charge in [-0.3, -0.25) is 14.6 Å². The second kappa shape index (κ2) is 16.7. The van der Waals surface area contributed by atoms with Crippen molar-refractivity contribution in [2.24, 2.45) is 16.5 Å². The monoisotopic (exact) mass is 892 g/mol. The summed E-state index contributed by atoms with van der Waals surface area (Å²) in [5.74, 6) is 5.24. The summed E-state index contributed by atoms with van der Waals surface area (Å²) in [6.07, 6.45) is -8.96. The summed E-state index contributed by atoms with van der Waals surface area (Å²) in [6.45, 7) is 0.590. The highest BCUT2D eigenvalue weighted by Crippen LogP contribution is 2.62. The largest absolute Gasteiger partial charge is 0.493 e. The van der Waals surface area contributed by atoms with Crippen LogP contribution >= 0.6 is 0 Å². The van der Waals surface area contributed by atoms with E-state index in [1.165, 1.54) is 0 Å². The van der Waals surface area contributed by atoms with Gasteiger partial charge in [0.2, 0.25) is 12.0 Å². The fourth-order valence-corrected chi connectivity index (χ4v) is 10.3. The second-order valence-corrected chi connectivity index (χ2v) is 17.1. The van der Waals surface area contributed by atoms with Crippen LogP contribution in [0.15, 0.2) is 76.6 Å². The summed E-state index contributed by atoms with van der Waals surface area (Å²) in [6, 6.07) is 15.4. The molecule has 0 aliphatic carbocycles. The van der Waals surface area contributed by atoms with E-state index in [0.29, 0.717) is 64.0 Å². The number of esters is 1. The van der Waals surface area contributed by atoms with E-state index in [2.05, 4.69) is 16.8 Å². The number of carboxylic acid groups (broad SMARTS) is 1. The van der Waals surface area contributed by atoms with Crippen LogP contribution in [0.1, 0.15) is 65.0 Å². The molecule has 0 aromatic heterocycles. The zero-order valence-electron chi connectivity index (χ0n) is 35.2. The molecule has 3 aromatic rings. The fraction of sp³-hybridized carbons (Fsp3) is 0.426. The molecule has 4 bridgehead atoms. The lowest BCUT2D eigenvalue weighted by Gasteiger charge is -2.48. The van der Waals surface area contributed by atoms with Crippen LogP contribution < -0.4 is 35.2 Å². The average molecular weight is 893 g/mol. The van der Waals surface area contributed by atoms with Gasteiger partial charge in [-0.25, -0.2) is 0 Å². The number of nitrogens with two attached hydrogens (primary N) is 2. The number of nitrogens with zero attached hydrogens (tertiary/aromatic N) is 2. The number of aliphatic imine (C=N–C) groups is 1. The predicted molar refractivity (Wildman–Crippen MR) is 227 cm³/mol. The highest BCUT2D eigenvalue weighted by Gasteiger charge is 2.60. The van der Waals surface area contributed by atoms with Gasteiger partial charge in [0.1, 0.15) is 48.4 Å². The Morgan fingerprint density at radius 2 is 1.89 bits per heavy atom. The van der Waals surface area contributed by atoms with Crippen molar-refractivity contribution in [3.05, 3.63) is 99.4 Å². The number of aliphatic hydroxyl groups excluding tert-OH is 3. The van der Waals surface area contributed by atoms with Gasteiger partial charge in [0.25, 0.3) is 0 Å². The van der Waals surface area contributed by atoms with Gasteiger partial charge in [0, 0.05) is 54.1 Å². The van der Waals surface area contributed by atoms with Gasteiger partial charge in [-0.1, -0.05) is 48.2 Å². The molecule has 10 atom stereocenters. The maximum Gasteiger partial charge on any atom is 0.317 e. The molecule has 1 saturated heterocycles. The van der Waals surface area contributed by atoms with E-state index >= 15 is 0 Å². The van der Waals surface area contributed by atoms with Gasteiger partial charge in [-0.05, 0) is 36.1 Å². The molecule has 7 aliphatic rings. The molecule has 0 unspecified atom stereocenters. The minimum atomic E-state index is -2.26. The summed E-state index contributed by atoms with van der Waals surface area (Å²) in [5.41, 5.74) is 15.7. The maximum atomic E-state index is 12.5. The van der Waals surface area contributed by atoms with E-state index in [1.807, 2.05) is 53.4 Å². The smallest absolute Gasteiger partial charge is 0.317 e. The summed E-state index contributed by atoms with van der Waals surface area (Å²) in [5, 5.41) is 55.5. The number of fused-ring (bicyclic) bond motifs is 5. The van der Waals surface area contributed by atoms with Crippen LogP contribution in [0.2, 0.25) is 0 Å². The Hall–Kier alpha value is -6.17. The van der Waals surface area contributed by atoms with Crippen LogP contribution in [0.3, 0.4) is 0 Å². The van der Waals surface area contributed by atoms with E-state index in [0.717, 1.165) is 16.7 Å². The average Bonchev–Trinajstić information content (AvgIpc) is 3.97. The predicted octanol–water partition coefficient (Wildman–Crippen LogP) is 1.41. The third kappa shape index (κ3) is 7.15. The zero-order chi connectivity index (χ0) is 45.3. The normalized spacial score (nSPS) is 29.4. The highest BCUT2D eigenvalue weighted by molar-refractivity contribution is 5.90. The second-order valence-electron chi connectivity index (χ2n) is 17.1. The van der Waals surface area contributed by atoms with Gasteiger partial charge < -0.3 is 75.1 Å². The van der Waals surface area contributed by atoms with Gasteiger partial charge in [0.05, 0.1) is 49.7 Å². The van der Waals surface area contributed by atoms with Crippen LogP contribution in [0.5, 0.6) is 28.7 Å². The highest BCUT2D eigenvalue weighted by atomic mass is 16.7. The number of hydrogen-bond donors (Lipinski definition) is 7. The van der Waals surface area contributed by atoms with Crippen molar-refractivity contribution in [3.8, 4) is 40.6 Å². The number of allylic oxidation sites excluding steroid dienone is 1. The number of aliphatic carboxylic acids is 1. The van der Waals surface area contributed by atoms with E-state index in [1.54, 1.807) is 19.4 Å². The molecular weight excluding hydrogens is 845 g/mol. The summed E-state index contributed by atoms with van der Waals surface area (Å²) >= 11 is 0. The number of carbonyl (C=O) groups is 2. The maximum absolute atomic E-state index is 12.5. The first-order chi connectivity index (χ1) is 31.4. The summed E-state index contributed by atoms with van der Waals surface area (Å²) < 4.78 is 44.7. The van der Waals surface area contributed by atoms with E-state index in [4.69, 9.17) is 44.6 Å². The van der Waals surface area contributed by atoms with E-state index < -0.39 is 84.9 Å². The van der Waals surface area contributed by atoms with Crippen molar-refractivity contribution < 1.29 is 68.3 Å².